The molecule has 0 saturated heterocycles. The molecule has 6 nitrogen and oxygen atoms in total. The van der Waals surface area contributed by atoms with Crippen molar-refractivity contribution in [1.82, 2.24) is 0 Å². The average Bonchev–Trinajstić information content (AvgIpc) is 3.11. The predicted octanol–water partition coefficient (Wildman–Crippen LogP) is 3.62. The van der Waals surface area contributed by atoms with Gasteiger partial charge in [0.2, 0.25) is 0 Å². The Morgan fingerprint density at radius 1 is 1.25 bits per heavy atom. The highest BCUT2D eigenvalue weighted by molar-refractivity contribution is 6.04. The highest BCUT2D eigenvalue weighted by Crippen LogP contribution is 2.75. The Labute approximate surface area is 190 Å². The van der Waals surface area contributed by atoms with E-state index in [1.54, 1.807) is 6.92 Å². The minimum Gasteiger partial charge on any atom is -0.461 e. The minimum atomic E-state index is -1.52. The molecule has 2 saturated carbocycles. The molecule has 0 radical (unpaired) electrons. The number of ketones is 1. The summed E-state index contributed by atoms with van der Waals surface area (Å²) >= 11 is 0. The van der Waals surface area contributed by atoms with Gasteiger partial charge in [0.05, 0.1) is 5.92 Å². The van der Waals surface area contributed by atoms with Crippen LogP contribution in [0.15, 0.2) is 23.3 Å². The van der Waals surface area contributed by atoms with Crippen LogP contribution < -0.4 is 0 Å². The molecule has 4 aliphatic rings. The van der Waals surface area contributed by atoms with Gasteiger partial charge < -0.3 is 14.6 Å². The molecule has 0 aromatic heterocycles. The number of carbonyl (C=O) groups excluding carboxylic acids is 3. The Kier molecular flexibility index (Phi) is 5.28. The topological polar surface area (TPSA) is 89.9 Å². The molecule has 4 rings (SSSR count). The summed E-state index contributed by atoms with van der Waals surface area (Å²) in [6.45, 7) is 13.3. The van der Waals surface area contributed by atoms with Gasteiger partial charge in [0, 0.05) is 30.6 Å². The normalized spacial score (nSPS) is 41.5. The van der Waals surface area contributed by atoms with Gasteiger partial charge in [-0.2, -0.15) is 0 Å². The molecule has 6 heteroatoms. The maximum atomic E-state index is 13.1. The third-order valence-corrected chi connectivity index (χ3v) is 8.69. The number of carbonyl (C=O) groups is 3. The van der Waals surface area contributed by atoms with Crippen LogP contribution in [-0.2, 0) is 23.9 Å². The monoisotopic (exact) mass is 444 g/mol. The van der Waals surface area contributed by atoms with E-state index >= 15 is 0 Å². The van der Waals surface area contributed by atoms with Crippen LogP contribution >= 0.6 is 0 Å². The zero-order valence-electron chi connectivity index (χ0n) is 20.2. The average molecular weight is 445 g/mol. The maximum absolute atomic E-state index is 13.1. The van der Waals surface area contributed by atoms with Gasteiger partial charge in [0.1, 0.15) is 17.8 Å². The molecule has 7 atom stereocenters. The lowest BCUT2D eigenvalue weighted by atomic mass is 9.63. The van der Waals surface area contributed by atoms with E-state index in [2.05, 4.69) is 26.8 Å². The molecule has 0 aromatic carbocycles. The fourth-order valence-electron chi connectivity index (χ4n) is 7.16. The second kappa shape index (κ2) is 7.28. The number of allylic oxidation sites excluding steroid dienone is 1. The molecule has 0 amide bonds. The van der Waals surface area contributed by atoms with E-state index in [9.17, 15) is 19.5 Å². The molecule has 1 N–H and O–H groups in total. The van der Waals surface area contributed by atoms with E-state index in [0.717, 1.165) is 5.57 Å². The highest BCUT2D eigenvalue weighted by atomic mass is 16.6. The van der Waals surface area contributed by atoms with Crippen LogP contribution in [0, 0.1) is 40.9 Å². The summed E-state index contributed by atoms with van der Waals surface area (Å²) in [6.07, 6.45) is 4.93. The lowest BCUT2D eigenvalue weighted by Gasteiger charge is -2.43. The highest BCUT2D eigenvalue weighted by Gasteiger charge is 2.80. The minimum absolute atomic E-state index is 0.00763. The van der Waals surface area contributed by atoms with Gasteiger partial charge in [0.15, 0.2) is 5.78 Å². The Hall–Kier alpha value is -1.95. The van der Waals surface area contributed by atoms with Crippen molar-refractivity contribution in [1.29, 1.82) is 0 Å². The Bertz CT molecular complexity index is 927. The van der Waals surface area contributed by atoms with Crippen LogP contribution in [0.5, 0.6) is 0 Å². The zero-order valence-corrected chi connectivity index (χ0v) is 20.2. The van der Waals surface area contributed by atoms with E-state index in [1.165, 1.54) is 6.92 Å². The van der Waals surface area contributed by atoms with E-state index in [0.29, 0.717) is 12.0 Å². The van der Waals surface area contributed by atoms with E-state index in [-0.39, 0.29) is 65.7 Å². The van der Waals surface area contributed by atoms with Crippen LogP contribution in [-0.4, -0.2) is 40.6 Å². The fourth-order valence-corrected chi connectivity index (χ4v) is 7.16. The molecule has 2 fully saturated rings. The SMILES string of the molecule is CC(=O)OCC1=C[C@@H]2C([C@H](C)C[C@]3(OC(=O)C(C)C)[C@@H]2C3(C)C)[C@@H]2C=C(C)C(=O)[C@@]2(O)C1. The van der Waals surface area contributed by atoms with Gasteiger partial charge >= 0.3 is 11.9 Å². The van der Waals surface area contributed by atoms with Crippen LogP contribution in [0.4, 0.5) is 0 Å². The molecule has 0 aliphatic heterocycles. The molecule has 1 unspecified atom stereocenters. The van der Waals surface area contributed by atoms with E-state index in [4.69, 9.17) is 9.47 Å². The van der Waals surface area contributed by atoms with Gasteiger partial charge in [-0.05, 0) is 42.2 Å². The third kappa shape index (κ3) is 3.12. The summed E-state index contributed by atoms with van der Waals surface area (Å²) in [7, 11) is 0. The number of hydrogen-bond acceptors (Lipinski definition) is 6. The lowest BCUT2D eigenvalue weighted by molar-refractivity contribution is -0.163. The summed E-state index contributed by atoms with van der Waals surface area (Å²) in [5.74, 6) is -1.08. The summed E-state index contributed by atoms with van der Waals surface area (Å²) in [5, 5.41) is 11.7. The van der Waals surface area contributed by atoms with Crippen molar-refractivity contribution in [2.24, 2.45) is 40.9 Å². The predicted molar refractivity (Wildman–Crippen MR) is 118 cm³/mol. The van der Waals surface area contributed by atoms with Crippen molar-refractivity contribution in [3.05, 3.63) is 23.3 Å². The molecular weight excluding hydrogens is 408 g/mol. The number of Topliss-reactive ketones (excluding diaryl/α,β-unsaturated/α-hetero) is 1. The standard InChI is InChI=1S/C26H36O6/c1-13(2)23(29)32-26-10-15(4)20-18(21(26)24(26,6)7)9-17(12-31-16(5)27)11-25(30)19(20)8-14(3)22(25)28/h8-9,13,15,18-21,30H,10-12H2,1-7H3/t15-,18-,19+,20?,21+,25-,26+/m1/s1. The van der Waals surface area contributed by atoms with Crippen LogP contribution in [0.25, 0.3) is 0 Å². The zero-order chi connectivity index (χ0) is 23.8. The lowest BCUT2D eigenvalue weighted by Crippen LogP contribution is -2.49. The van der Waals surface area contributed by atoms with E-state index < -0.39 is 17.2 Å². The second-order valence-corrected chi connectivity index (χ2v) is 11.4. The van der Waals surface area contributed by atoms with Crippen LogP contribution in [0.1, 0.15) is 61.3 Å². The molecular formula is C26H36O6. The summed E-state index contributed by atoms with van der Waals surface area (Å²) in [6, 6.07) is 0. The first-order valence-electron chi connectivity index (χ1n) is 11.8. The van der Waals surface area contributed by atoms with Crippen LogP contribution in [0.3, 0.4) is 0 Å². The quantitative estimate of drug-likeness (QED) is 0.526. The first-order chi connectivity index (χ1) is 14.8. The third-order valence-electron chi connectivity index (χ3n) is 8.69. The molecule has 176 valence electrons. The van der Waals surface area contributed by atoms with Crippen molar-refractivity contribution >= 4 is 17.7 Å². The molecule has 32 heavy (non-hydrogen) atoms. The Morgan fingerprint density at radius 2 is 1.91 bits per heavy atom. The van der Waals surface area contributed by atoms with Crippen molar-refractivity contribution in [3.8, 4) is 0 Å². The van der Waals surface area contributed by atoms with Crippen LogP contribution in [0.2, 0.25) is 0 Å². The molecule has 4 aliphatic carbocycles. The number of fused-ring (bicyclic) bond motifs is 5. The maximum Gasteiger partial charge on any atom is 0.308 e. The summed E-state index contributed by atoms with van der Waals surface area (Å²) in [5.41, 5.74) is -0.940. The second-order valence-electron chi connectivity index (χ2n) is 11.4. The van der Waals surface area contributed by atoms with Crippen molar-refractivity contribution in [2.75, 3.05) is 6.61 Å². The Morgan fingerprint density at radius 3 is 2.50 bits per heavy atom. The number of ether oxygens (including phenoxy) is 2. The van der Waals surface area contributed by atoms with Crippen molar-refractivity contribution in [2.45, 2.75) is 72.5 Å². The number of hydrogen-bond donors (Lipinski definition) is 1. The first-order valence-corrected chi connectivity index (χ1v) is 11.8. The molecule has 0 aromatic rings. The van der Waals surface area contributed by atoms with Gasteiger partial charge in [0.25, 0.3) is 0 Å². The first kappa shape index (κ1) is 23.2. The smallest absolute Gasteiger partial charge is 0.308 e. The van der Waals surface area contributed by atoms with Gasteiger partial charge in [-0.3, -0.25) is 14.4 Å². The van der Waals surface area contributed by atoms with Gasteiger partial charge in [-0.15, -0.1) is 0 Å². The van der Waals surface area contributed by atoms with E-state index in [1.807, 2.05) is 19.9 Å². The molecule has 0 spiro atoms. The fraction of sp³-hybridized carbons (Fsp3) is 0.731. The van der Waals surface area contributed by atoms with Crippen molar-refractivity contribution < 1.29 is 29.0 Å². The Balaban J connectivity index is 1.78. The van der Waals surface area contributed by atoms with Gasteiger partial charge in [-0.1, -0.05) is 46.8 Å². The molecule has 0 heterocycles. The summed E-state index contributed by atoms with van der Waals surface area (Å²) in [4.78, 5) is 37.2. The van der Waals surface area contributed by atoms with Gasteiger partial charge in [-0.25, -0.2) is 0 Å². The summed E-state index contributed by atoms with van der Waals surface area (Å²) < 4.78 is 11.5. The largest absolute Gasteiger partial charge is 0.461 e. The molecule has 0 bridgehead atoms. The van der Waals surface area contributed by atoms with Crippen molar-refractivity contribution in [3.63, 3.8) is 0 Å². The number of rotatable bonds is 4. The number of aliphatic hydroxyl groups is 1. The number of esters is 2.